The normalized spacial score (nSPS) is 18.4. The first-order valence-corrected chi connectivity index (χ1v) is 10.5. The first kappa shape index (κ1) is 18.4. The van der Waals surface area contributed by atoms with E-state index in [1.165, 1.54) is 22.0 Å². The Hall–Kier alpha value is -2.63. The average Bonchev–Trinajstić information content (AvgIpc) is 3.33. The van der Waals surface area contributed by atoms with Gasteiger partial charge < -0.3 is 19.9 Å². The van der Waals surface area contributed by atoms with Crippen molar-refractivity contribution in [1.29, 1.82) is 0 Å². The molecule has 5 nitrogen and oxygen atoms in total. The van der Waals surface area contributed by atoms with Crippen LogP contribution in [0.4, 0.5) is 5.69 Å². The molecule has 3 heterocycles. The van der Waals surface area contributed by atoms with E-state index >= 15 is 0 Å². The van der Waals surface area contributed by atoms with E-state index in [2.05, 4.69) is 52.5 Å². The zero-order valence-corrected chi connectivity index (χ0v) is 16.6. The number of benzene rings is 2. The largest absolute Gasteiger partial charge is 0.387 e. The third-order valence-corrected chi connectivity index (χ3v) is 6.85. The number of aliphatic hydroxyl groups is 1. The number of hydrogen-bond acceptors (Lipinski definition) is 3. The van der Waals surface area contributed by atoms with Gasteiger partial charge in [-0.15, -0.1) is 0 Å². The molecule has 0 aliphatic carbocycles. The van der Waals surface area contributed by atoms with Crippen LogP contribution in [0.1, 0.15) is 24.0 Å². The topological polar surface area (TPSA) is 59.6 Å². The summed E-state index contributed by atoms with van der Waals surface area (Å²) in [4.78, 5) is 20.0. The summed E-state index contributed by atoms with van der Waals surface area (Å²) in [5, 5.41) is 10.7. The van der Waals surface area contributed by atoms with Crippen molar-refractivity contribution in [2.45, 2.75) is 24.7 Å². The van der Waals surface area contributed by atoms with Gasteiger partial charge in [0.15, 0.2) is 0 Å². The number of amides is 1. The van der Waals surface area contributed by atoms with Gasteiger partial charge in [-0.2, -0.15) is 0 Å². The predicted octanol–water partition coefficient (Wildman–Crippen LogP) is 3.08. The van der Waals surface area contributed by atoms with E-state index < -0.39 is 6.61 Å². The molecule has 0 radical (unpaired) electrons. The van der Waals surface area contributed by atoms with Crippen molar-refractivity contribution in [3.05, 3.63) is 65.9 Å². The van der Waals surface area contributed by atoms with Crippen molar-refractivity contribution < 1.29 is 9.90 Å². The summed E-state index contributed by atoms with van der Waals surface area (Å²) < 4.78 is 0. The van der Waals surface area contributed by atoms with E-state index in [1.54, 1.807) is 4.90 Å². The number of para-hydroxylation sites is 2. The first-order valence-electron chi connectivity index (χ1n) is 10.5. The van der Waals surface area contributed by atoms with Crippen molar-refractivity contribution in [3.63, 3.8) is 0 Å². The van der Waals surface area contributed by atoms with E-state index in [0.29, 0.717) is 6.54 Å². The Balaban J connectivity index is 1.27. The molecule has 1 aromatic heterocycles. The van der Waals surface area contributed by atoms with Crippen molar-refractivity contribution in [3.8, 4) is 0 Å². The summed E-state index contributed by atoms with van der Waals surface area (Å²) in [5.41, 5.74) is 4.87. The summed E-state index contributed by atoms with van der Waals surface area (Å²) in [6.45, 7) is 3.40. The molecule has 2 N–H and O–H groups in total. The fraction of sp³-hybridized carbons (Fsp3) is 0.375. The van der Waals surface area contributed by atoms with Crippen LogP contribution in [-0.2, 0) is 16.6 Å². The van der Waals surface area contributed by atoms with Gasteiger partial charge in [-0.25, -0.2) is 0 Å². The molecule has 0 saturated carbocycles. The number of aromatic amines is 1. The van der Waals surface area contributed by atoms with Crippen molar-refractivity contribution in [1.82, 2.24) is 9.88 Å². The lowest BCUT2D eigenvalue weighted by Crippen LogP contribution is -2.46. The quantitative estimate of drug-likeness (QED) is 0.721. The highest BCUT2D eigenvalue weighted by Crippen LogP contribution is 2.46. The maximum atomic E-state index is 12.3. The fourth-order valence-electron chi connectivity index (χ4n) is 5.19. The smallest absolute Gasteiger partial charge is 0.252 e. The monoisotopic (exact) mass is 389 g/mol. The standard InChI is InChI=1S/C24H27N3O2/c28-16-23(29)27-17-24(20-6-2-4-8-22(20)27)10-13-26(14-11-24)12-9-18-15-25-21-7-3-1-5-19(18)21/h1-8,15,25,28H,9-14,16-17H2. The predicted molar refractivity (Wildman–Crippen MR) is 115 cm³/mol. The number of H-pyrrole nitrogens is 1. The lowest BCUT2D eigenvalue weighted by molar-refractivity contribution is -0.121. The molecule has 150 valence electrons. The molecule has 29 heavy (non-hydrogen) atoms. The number of piperidine rings is 1. The summed E-state index contributed by atoms with van der Waals surface area (Å²) in [7, 11) is 0. The first-order chi connectivity index (χ1) is 14.2. The van der Waals surface area contributed by atoms with Crippen molar-refractivity contribution >= 4 is 22.5 Å². The number of likely N-dealkylation sites (tertiary alicyclic amines) is 1. The van der Waals surface area contributed by atoms with Crippen LogP contribution in [0.3, 0.4) is 0 Å². The molecule has 2 aliphatic rings. The van der Waals surface area contributed by atoms with Crippen LogP contribution in [0, 0.1) is 0 Å². The van der Waals surface area contributed by atoms with E-state index in [0.717, 1.165) is 44.6 Å². The molecule has 1 amide bonds. The number of rotatable bonds is 4. The summed E-state index contributed by atoms with van der Waals surface area (Å²) >= 11 is 0. The fourth-order valence-corrected chi connectivity index (χ4v) is 5.19. The Morgan fingerprint density at radius 2 is 1.83 bits per heavy atom. The molecule has 5 heteroatoms. The molecule has 2 aromatic carbocycles. The minimum atomic E-state index is -0.429. The molecule has 3 aromatic rings. The highest BCUT2D eigenvalue weighted by molar-refractivity contribution is 5.97. The molecule has 0 atom stereocenters. The lowest BCUT2D eigenvalue weighted by Gasteiger charge is -2.40. The van der Waals surface area contributed by atoms with Crippen LogP contribution >= 0.6 is 0 Å². The summed E-state index contributed by atoms with van der Waals surface area (Å²) in [6.07, 6.45) is 5.28. The maximum absolute atomic E-state index is 12.3. The highest BCUT2D eigenvalue weighted by Gasteiger charge is 2.45. The Morgan fingerprint density at radius 3 is 2.66 bits per heavy atom. The van der Waals surface area contributed by atoms with Crippen LogP contribution in [0.2, 0.25) is 0 Å². The lowest BCUT2D eigenvalue weighted by atomic mass is 9.74. The van der Waals surface area contributed by atoms with Crippen LogP contribution in [0.5, 0.6) is 0 Å². The molecule has 0 unspecified atom stereocenters. The second kappa shape index (κ2) is 7.32. The molecule has 2 aliphatic heterocycles. The van der Waals surface area contributed by atoms with Gasteiger partial charge in [0.05, 0.1) is 0 Å². The molecule has 1 fully saturated rings. The number of aliphatic hydroxyl groups excluding tert-OH is 1. The third-order valence-electron chi connectivity index (χ3n) is 6.85. The molecule has 5 rings (SSSR count). The Morgan fingerprint density at radius 1 is 1.07 bits per heavy atom. The summed E-state index contributed by atoms with van der Waals surface area (Å²) in [5.74, 6) is -0.198. The van der Waals surface area contributed by atoms with Gasteiger partial charge in [0, 0.05) is 41.3 Å². The van der Waals surface area contributed by atoms with Crippen LogP contribution in [0.25, 0.3) is 10.9 Å². The Kier molecular flexibility index (Phi) is 4.64. The number of nitrogens with one attached hydrogen (secondary N) is 1. The maximum Gasteiger partial charge on any atom is 0.252 e. The van der Waals surface area contributed by atoms with Crippen LogP contribution < -0.4 is 4.90 Å². The van der Waals surface area contributed by atoms with Gasteiger partial charge in [0.2, 0.25) is 0 Å². The van der Waals surface area contributed by atoms with Gasteiger partial charge in [0.1, 0.15) is 6.61 Å². The number of fused-ring (bicyclic) bond motifs is 3. The minimum absolute atomic E-state index is 0.0265. The zero-order valence-electron chi connectivity index (χ0n) is 16.6. The molecule has 1 spiro atoms. The second-order valence-corrected chi connectivity index (χ2v) is 8.39. The molecular weight excluding hydrogens is 362 g/mol. The highest BCUT2D eigenvalue weighted by atomic mass is 16.3. The van der Waals surface area contributed by atoms with Gasteiger partial charge in [-0.1, -0.05) is 36.4 Å². The second-order valence-electron chi connectivity index (χ2n) is 8.39. The number of nitrogens with zero attached hydrogens (tertiary/aromatic N) is 2. The number of anilines is 1. The third kappa shape index (κ3) is 3.15. The zero-order chi connectivity index (χ0) is 19.8. The van der Waals surface area contributed by atoms with E-state index in [4.69, 9.17) is 0 Å². The average molecular weight is 389 g/mol. The van der Waals surface area contributed by atoms with Gasteiger partial charge in [-0.05, 0) is 55.6 Å². The van der Waals surface area contributed by atoms with Gasteiger partial charge >= 0.3 is 0 Å². The van der Waals surface area contributed by atoms with E-state index in [-0.39, 0.29) is 11.3 Å². The molecular formula is C24H27N3O2. The summed E-state index contributed by atoms with van der Waals surface area (Å²) in [6, 6.07) is 16.7. The van der Waals surface area contributed by atoms with Gasteiger partial charge in [0.25, 0.3) is 5.91 Å². The van der Waals surface area contributed by atoms with Crippen LogP contribution in [-0.4, -0.2) is 53.7 Å². The number of carbonyl (C=O) groups is 1. The van der Waals surface area contributed by atoms with Gasteiger partial charge in [-0.3, -0.25) is 4.79 Å². The molecule has 1 saturated heterocycles. The minimum Gasteiger partial charge on any atom is -0.387 e. The molecule has 0 bridgehead atoms. The SMILES string of the molecule is O=C(CO)N1CC2(CCN(CCc3c[nH]c4ccccc34)CC2)c2ccccc21. The number of hydrogen-bond donors (Lipinski definition) is 2. The van der Waals surface area contributed by atoms with Crippen LogP contribution in [0.15, 0.2) is 54.7 Å². The Labute approximate surface area is 170 Å². The number of carbonyl (C=O) groups excluding carboxylic acids is 1. The van der Waals surface area contributed by atoms with Crippen molar-refractivity contribution in [2.24, 2.45) is 0 Å². The van der Waals surface area contributed by atoms with Crippen molar-refractivity contribution in [2.75, 3.05) is 37.7 Å². The number of aromatic nitrogens is 1. The van der Waals surface area contributed by atoms with E-state index in [9.17, 15) is 9.90 Å². The Bertz CT molecular complexity index is 1030. The van der Waals surface area contributed by atoms with E-state index in [1.807, 2.05) is 12.1 Å².